The summed E-state index contributed by atoms with van der Waals surface area (Å²) in [6, 6.07) is 12.9. The predicted molar refractivity (Wildman–Crippen MR) is 118 cm³/mol. The first kappa shape index (κ1) is 22.9. The monoisotopic (exact) mass is 417 g/mol. The van der Waals surface area contributed by atoms with Gasteiger partial charge in [0.2, 0.25) is 10.0 Å². The molecule has 0 fully saturated rings. The molecule has 0 atom stereocenters. The first-order valence-electron chi connectivity index (χ1n) is 9.74. The van der Waals surface area contributed by atoms with Gasteiger partial charge in [-0.15, -0.1) is 0 Å². The first-order chi connectivity index (χ1) is 13.6. The van der Waals surface area contributed by atoms with Gasteiger partial charge < -0.3 is 9.80 Å². The molecule has 1 amide bonds. The minimum atomic E-state index is -3.63. The van der Waals surface area contributed by atoms with E-state index in [-0.39, 0.29) is 10.8 Å². The molecule has 29 heavy (non-hydrogen) atoms. The van der Waals surface area contributed by atoms with Crippen molar-refractivity contribution in [2.24, 2.45) is 0 Å². The number of rotatable bonds is 8. The van der Waals surface area contributed by atoms with Gasteiger partial charge in [-0.3, -0.25) is 4.79 Å². The highest BCUT2D eigenvalue weighted by Crippen LogP contribution is 2.22. The number of hydrogen-bond donors (Lipinski definition) is 0. The molecule has 0 saturated carbocycles. The number of anilines is 1. The summed E-state index contributed by atoms with van der Waals surface area (Å²) in [5.41, 5.74) is 3.10. The summed E-state index contributed by atoms with van der Waals surface area (Å²) in [4.78, 5) is 16.7. The fraction of sp³-hybridized carbons (Fsp3) is 0.409. The SMILES string of the molecule is CCN(CC)S(=O)(=O)c1cc(C(=O)N(C)Cc2ccc(N(C)C)cc2)ccc1C. The molecule has 0 aliphatic heterocycles. The van der Waals surface area contributed by atoms with E-state index < -0.39 is 10.0 Å². The summed E-state index contributed by atoms with van der Waals surface area (Å²) in [5.74, 6) is -0.210. The average molecular weight is 418 g/mol. The third kappa shape index (κ3) is 5.16. The minimum absolute atomic E-state index is 0.191. The Morgan fingerprint density at radius 3 is 2.03 bits per heavy atom. The molecule has 7 heteroatoms. The Morgan fingerprint density at radius 2 is 1.52 bits per heavy atom. The first-order valence-corrected chi connectivity index (χ1v) is 11.2. The van der Waals surface area contributed by atoms with Gasteiger partial charge in [-0.25, -0.2) is 8.42 Å². The molecule has 0 aromatic heterocycles. The molecule has 2 rings (SSSR count). The second kappa shape index (κ2) is 9.41. The number of nitrogens with zero attached hydrogens (tertiary/aromatic N) is 3. The Kier molecular flexibility index (Phi) is 7.43. The van der Waals surface area contributed by atoms with Crippen LogP contribution in [0.15, 0.2) is 47.4 Å². The molecule has 2 aromatic rings. The number of carbonyl (C=O) groups is 1. The number of aryl methyl sites for hydroxylation is 1. The number of hydrogen-bond acceptors (Lipinski definition) is 4. The van der Waals surface area contributed by atoms with Gasteiger partial charge in [0.1, 0.15) is 0 Å². The van der Waals surface area contributed by atoms with Gasteiger partial charge in [0.15, 0.2) is 0 Å². The Labute approximate surface area is 174 Å². The Bertz CT molecular complexity index is 950. The molecule has 0 spiro atoms. The van der Waals surface area contributed by atoms with Crippen LogP contribution in [-0.2, 0) is 16.6 Å². The summed E-state index contributed by atoms with van der Waals surface area (Å²) in [5, 5.41) is 0. The van der Waals surface area contributed by atoms with Crippen LogP contribution in [0.25, 0.3) is 0 Å². The van der Waals surface area contributed by atoms with Gasteiger partial charge in [0.05, 0.1) is 4.90 Å². The van der Waals surface area contributed by atoms with Crippen molar-refractivity contribution in [2.75, 3.05) is 39.1 Å². The van der Waals surface area contributed by atoms with Crippen molar-refractivity contribution in [2.45, 2.75) is 32.2 Å². The highest BCUT2D eigenvalue weighted by molar-refractivity contribution is 7.89. The van der Waals surface area contributed by atoms with Gasteiger partial charge in [-0.2, -0.15) is 4.31 Å². The van der Waals surface area contributed by atoms with E-state index in [2.05, 4.69) is 0 Å². The van der Waals surface area contributed by atoms with E-state index in [0.29, 0.717) is 30.8 Å². The quantitative estimate of drug-likeness (QED) is 0.661. The van der Waals surface area contributed by atoms with Crippen LogP contribution >= 0.6 is 0 Å². The largest absolute Gasteiger partial charge is 0.378 e. The molecule has 0 saturated heterocycles. The lowest BCUT2D eigenvalue weighted by Gasteiger charge is -2.22. The summed E-state index contributed by atoms with van der Waals surface area (Å²) in [7, 11) is 2.05. The van der Waals surface area contributed by atoms with Gasteiger partial charge in [-0.05, 0) is 42.3 Å². The van der Waals surface area contributed by atoms with Crippen molar-refractivity contribution >= 4 is 21.6 Å². The lowest BCUT2D eigenvalue weighted by atomic mass is 10.1. The lowest BCUT2D eigenvalue weighted by molar-refractivity contribution is 0.0785. The van der Waals surface area contributed by atoms with E-state index in [4.69, 9.17) is 0 Å². The maximum absolute atomic E-state index is 12.9. The highest BCUT2D eigenvalue weighted by atomic mass is 32.2. The molecule has 2 aromatic carbocycles. The zero-order valence-corrected chi connectivity index (χ0v) is 19.0. The van der Waals surface area contributed by atoms with Crippen molar-refractivity contribution in [3.8, 4) is 0 Å². The minimum Gasteiger partial charge on any atom is -0.378 e. The van der Waals surface area contributed by atoms with Crippen LogP contribution in [0.5, 0.6) is 0 Å². The van der Waals surface area contributed by atoms with Crippen LogP contribution in [0.1, 0.15) is 35.3 Å². The van der Waals surface area contributed by atoms with E-state index in [1.54, 1.807) is 44.9 Å². The van der Waals surface area contributed by atoms with Crippen molar-refractivity contribution in [3.63, 3.8) is 0 Å². The Morgan fingerprint density at radius 1 is 0.931 bits per heavy atom. The van der Waals surface area contributed by atoms with Crippen LogP contribution in [0.2, 0.25) is 0 Å². The summed E-state index contributed by atoms with van der Waals surface area (Å²) < 4.78 is 27.3. The Hall–Kier alpha value is -2.38. The van der Waals surface area contributed by atoms with E-state index in [9.17, 15) is 13.2 Å². The summed E-state index contributed by atoms with van der Waals surface area (Å²) >= 11 is 0. The molecule has 0 radical (unpaired) electrons. The van der Waals surface area contributed by atoms with E-state index >= 15 is 0 Å². The van der Waals surface area contributed by atoms with E-state index in [1.165, 1.54) is 10.4 Å². The normalized spacial score (nSPS) is 11.6. The van der Waals surface area contributed by atoms with Gasteiger partial charge in [0, 0.05) is 52.0 Å². The van der Waals surface area contributed by atoms with Crippen molar-refractivity contribution in [1.82, 2.24) is 9.21 Å². The maximum atomic E-state index is 12.9. The molecule has 158 valence electrons. The number of benzene rings is 2. The molecular formula is C22H31N3O3S. The standard InChI is InChI=1S/C22H31N3O3S/c1-7-25(8-2)29(27,28)21-15-19(12-9-17(21)3)22(26)24(6)16-18-10-13-20(14-11-18)23(4)5/h9-15H,7-8,16H2,1-6H3. The van der Waals surface area contributed by atoms with Gasteiger partial charge >= 0.3 is 0 Å². The van der Waals surface area contributed by atoms with Crippen LogP contribution < -0.4 is 4.90 Å². The zero-order valence-electron chi connectivity index (χ0n) is 18.1. The Balaban J connectivity index is 2.26. The zero-order chi connectivity index (χ0) is 21.8. The van der Waals surface area contributed by atoms with E-state index in [1.807, 2.05) is 43.3 Å². The third-order valence-electron chi connectivity index (χ3n) is 4.98. The molecule has 0 N–H and O–H groups in total. The number of carbonyl (C=O) groups excluding carboxylic acids is 1. The van der Waals surface area contributed by atoms with Crippen LogP contribution in [-0.4, -0.2) is 57.8 Å². The number of sulfonamides is 1. The molecule has 0 heterocycles. The highest BCUT2D eigenvalue weighted by Gasteiger charge is 2.25. The fourth-order valence-electron chi connectivity index (χ4n) is 3.18. The second-order valence-electron chi connectivity index (χ2n) is 7.29. The predicted octanol–water partition coefficient (Wildman–Crippen LogP) is 3.36. The van der Waals surface area contributed by atoms with Crippen molar-refractivity contribution in [3.05, 3.63) is 59.2 Å². The number of amides is 1. The summed E-state index contributed by atoms with van der Waals surface area (Å²) in [6.07, 6.45) is 0. The van der Waals surface area contributed by atoms with Crippen LogP contribution in [0.4, 0.5) is 5.69 Å². The molecule has 0 aliphatic carbocycles. The molecule has 0 unspecified atom stereocenters. The fourth-order valence-corrected chi connectivity index (χ4v) is 4.89. The summed E-state index contributed by atoms with van der Waals surface area (Å²) in [6.45, 7) is 6.58. The van der Waals surface area contributed by atoms with Crippen LogP contribution in [0.3, 0.4) is 0 Å². The smallest absolute Gasteiger partial charge is 0.253 e. The molecule has 0 aliphatic rings. The second-order valence-corrected chi connectivity index (χ2v) is 9.20. The van der Waals surface area contributed by atoms with Crippen molar-refractivity contribution < 1.29 is 13.2 Å². The molecular weight excluding hydrogens is 386 g/mol. The van der Waals surface area contributed by atoms with Crippen molar-refractivity contribution in [1.29, 1.82) is 0 Å². The average Bonchev–Trinajstić information content (AvgIpc) is 2.68. The van der Waals surface area contributed by atoms with Gasteiger partial charge in [0.25, 0.3) is 5.91 Å². The third-order valence-corrected chi connectivity index (χ3v) is 7.17. The lowest BCUT2D eigenvalue weighted by Crippen LogP contribution is -2.31. The molecule has 0 bridgehead atoms. The molecule has 6 nitrogen and oxygen atoms in total. The maximum Gasteiger partial charge on any atom is 0.253 e. The van der Waals surface area contributed by atoms with Crippen LogP contribution in [0, 0.1) is 6.92 Å². The topological polar surface area (TPSA) is 60.9 Å². The van der Waals surface area contributed by atoms with Gasteiger partial charge in [-0.1, -0.05) is 32.0 Å². The van der Waals surface area contributed by atoms with E-state index in [0.717, 1.165) is 11.3 Å².